The summed E-state index contributed by atoms with van der Waals surface area (Å²) in [6, 6.07) is 15.4. The molecule has 2 aromatic carbocycles. The number of benzene rings is 2. The smallest absolute Gasteiger partial charge is 0.230 e. The second-order valence-electron chi connectivity index (χ2n) is 6.36. The normalized spacial score (nSPS) is 11.0. The zero-order valence-electron chi connectivity index (χ0n) is 14.6. The number of hydrogen-bond acceptors (Lipinski definition) is 3. The number of carbonyl (C=O) groups excluding carboxylic acids is 2. The Kier molecular flexibility index (Phi) is 4.38. The predicted molar refractivity (Wildman–Crippen MR) is 105 cm³/mol. The van der Waals surface area contributed by atoms with Crippen molar-refractivity contribution in [2.75, 3.05) is 0 Å². The summed E-state index contributed by atoms with van der Waals surface area (Å²) >= 11 is 5.97. The van der Waals surface area contributed by atoms with Crippen molar-refractivity contribution >= 4 is 34.6 Å². The number of nitrogens with zero attached hydrogens (tertiary/aromatic N) is 3. The molecule has 0 radical (unpaired) electrons. The summed E-state index contributed by atoms with van der Waals surface area (Å²) in [5, 5.41) is 1.54. The minimum Gasteiger partial charge on any atom is -0.342 e. The van der Waals surface area contributed by atoms with Crippen LogP contribution in [-0.2, 0) is 13.6 Å². The molecule has 5 nitrogen and oxygen atoms in total. The fourth-order valence-corrected chi connectivity index (χ4v) is 3.35. The summed E-state index contributed by atoms with van der Waals surface area (Å²) in [6.07, 6.45) is 4.03. The minimum atomic E-state index is -0.211. The number of carbonyl (C=O) groups is 2. The highest BCUT2D eigenvalue weighted by molar-refractivity contribution is 6.30. The first-order chi connectivity index (χ1) is 13.1. The topological polar surface area (TPSA) is 56.9 Å². The fraction of sp³-hybridized carbons (Fsp3) is 0.0952. The third kappa shape index (κ3) is 3.17. The lowest BCUT2D eigenvalue weighted by atomic mass is 10.1. The van der Waals surface area contributed by atoms with E-state index in [1.54, 1.807) is 17.8 Å². The van der Waals surface area contributed by atoms with E-state index in [9.17, 15) is 9.59 Å². The van der Waals surface area contributed by atoms with Crippen molar-refractivity contribution in [3.63, 3.8) is 0 Å². The van der Waals surface area contributed by atoms with E-state index >= 15 is 0 Å². The van der Waals surface area contributed by atoms with Crippen molar-refractivity contribution in [2.45, 2.75) is 6.54 Å². The number of aromatic nitrogens is 3. The maximum absolute atomic E-state index is 13.1. The third-order valence-corrected chi connectivity index (χ3v) is 4.77. The van der Waals surface area contributed by atoms with Crippen molar-refractivity contribution in [1.29, 1.82) is 0 Å². The molecular weight excluding hydrogens is 362 g/mol. The van der Waals surface area contributed by atoms with Crippen LogP contribution in [-0.4, -0.2) is 26.2 Å². The summed E-state index contributed by atoms with van der Waals surface area (Å²) in [5.41, 5.74) is 2.84. The Balaban J connectivity index is 1.79. The summed E-state index contributed by atoms with van der Waals surface area (Å²) in [5.74, 6) is 0.0307. The Morgan fingerprint density at radius 2 is 1.85 bits per heavy atom. The van der Waals surface area contributed by atoms with Crippen LogP contribution in [0.3, 0.4) is 0 Å². The number of rotatable bonds is 5. The molecule has 6 heteroatoms. The first-order valence-corrected chi connectivity index (χ1v) is 8.80. The van der Waals surface area contributed by atoms with E-state index in [1.165, 1.54) is 0 Å². The molecule has 0 saturated heterocycles. The van der Waals surface area contributed by atoms with Gasteiger partial charge in [0.15, 0.2) is 12.1 Å². The van der Waals surface area contributed by atoms with Crippen LogP contribution in [0.4, 0.5) is 0 Å². The van der Waals surface area contributed by atoms with Gasteiger partial charge in [0.2, 0.25) is 5.78 Å². The number of ketones is 1. The van der Waals surface area contributed by atoms with E-state index in [0.29, 0.717) is 23.4 Å². The van der Waals surface area contributed by atoms with Gasteiger partial charge in [-0.1, -0.05) is 41.9 Å². The number of para-hydroxylation sites is 1. The molecule has 2 heterocycles. The number of imidazole rings is 1. The Morgan fingerprint density at radius 1 is 1.11 bits per heavy atom. The quantitative estimate of drug-likeness (QED) is 0.388. The minimum absolute atomic E-state index is 0.211. The second kappa shape index (κ2) is 6.85. The van der Waals surface area contributed by atoms with E-state index in [4.69, 9.17) is 11.6 Å². The molecular formula is C21H16ClN3O2. The maximum Gasteiger partial charge on any atom is 0.230 e. The molecule has 4 rings (SSSR count). The highest BCUT2D eigenvalue weighted by Crippen LogP contribution is 2.25. The van der Waals surface area contributed by atoms with Crippen molar-refractivity contribution in [2.24, 2.45) is 7.05 Å². The molecule has 0 aliphatic carbocycles. The summed E-state index contributed by atoms with van der Waals surface area (Å²) in [7, 11) is 1.71. The Morgan fingerprint density at radius 3 is 2.56 bits per heavy atom. The average Bonchev–Trinajstić information content (AvgIpc) is 3.24. The van der Waals surface area contributed by atoms with E-state index in [2.05, 4.69) is 4.98 Å². The number of fused-ring (bicyclic) bond motifs is 1. The SMILES string of the molecule is Cn1cc(C=O)nc1C(=O)c1cn(Cc2ccc(Cl)cc2)c2ccccc12. The van der Waals surface area contributed by atoms with E-state index in [1.807, 2.05) is 59.3 Å². The van der Waals surface area contributed by atoms with Crippen molar-refractivity contribution in [3.8, 4) is 0 Å². The van der Waals surface area contributed by atoms with Crippen LogP contribution in [0.25, 0.3) is 10.9 Å². The lowest BCUT2D eigenvalue weighted by Gasteiger charge is -2.05. The molecule has 0 aliphatic rings. The van der Waals surface area contributed by atoms with Crippen LogP contribution in [0.1, 0.15) is 32.2 Å². The van der Waals surface area contributed by atoms with Gasteiger partial charge in [0.1, 0.15) is 5.69 Å². The molecule has 4 aromatic rings. The zero-order chi connectivity index (χ0) is 19.0. The van der Waals surface area contributed by atoms with Crippen molar-refractivity contribution in [1.82, 2.24) is 14.1 Å². The number of hydrogen-bond donors (Lipinski definition) is 0. The zero-order valence-corrected chi connectivity index (χ0v) is 15.3. The largest absolute Gasteiger partial charge is 0.342 e. The van der Waals surface area contributed by atoms with E-state index < -0.39 is 0 Å². The second-order valence-corrected chi connectivity index (χ2v) is 6.80. The summed E-state index contributed by atoms with van der Waals surface area (Å²) in [6.45, 7) is 0.616. The third-order valence-electron chi connectivity index (χ3n) is 4.52. The van der Waals surface area contributed by atoms with Gasteiger partial charge in [-0.2, -0.15) is 0 Å². The van der Waals surface area contributed by atoms with Crippen LogP contribution in [0.2, 0.25) is 5.02 Å². The average molecular weight is 378 g/mol. The van der Waals surface area contributed by atoms with Gasteiger partial charge in [-0.3, -0.25) is 9.59 Å². The summed E-state index contributed by atoms with van der Waals surface area (Å²) < 4.78 is 3.62. The molecule has 0 amide bonds. The Hall–Kier alpha value is -3.18. The molecule has 0 unspecified atom stereocenters. The highest BCUT2D eigenvalue weighted by atomic mass is 35.5. The predicted octanol–water partition coefficient (Wildman–Crippen LogP) is 4.12. The van der Waals surface area contributed by atoms with Gasteiger partial charge in [-0.05, 0) is 23.8 Å². The van der Waals surface area contributed by atoms with Crippen LogP contribution in [0, 0.1) is 0 Å². The number of halogens is 1. The van der Waals surface area contributed by atoms with Gasteiger partial charge < -0.3 is 9.13 Å². The lowest BCUT2D eigenvalue weighted by molar-refractivity contribution is 0.102. The van der Waals surface area contributed by atoms with Gasteiger partial charge in [-0.15, -0.1) is 0 Å². The molecule has 27 heavy (non-hydrogen) atoms. The fourth-order valence-electron chi connectivity index (χ4n) is 3.22. The number of aldehydes is 1. The van der Waals surface area contributed by atoms with Gasteiger partial charge >= 0.3 is 0 Å². The molecule has 0 aliphatic heterocycles. The van der Waals surface area contributed by atoms with Gasteiger partial charge in [0.05, 0.1) is 5.56 Å². The first kappa shape index (κ1) is 17.2. The first-order valence-electron chi connectivity index (χ1n) is 8.42. The highest BCUT2D eigenvalue weighted by Gasteiger charge is 2.21. The molecule has 0 bridgehead atoms. The van der Waals surface area contributed by atoms with Crippen LogP contribution < -0.4 is 0 Å². The Bertz CT molecular complexity index is 1160. The molecule has 0 N–H and O–H groups in total. The van der Waals surface area contributed by atoms with Crippen LogP contribution in [0.5, 0.6) is 0 Å². The molecule has 134 valence electrons. The standard InChI is InChI=1S/C21H16ClN3O2/c1-24-11-16(13-26)23-21(24)20(27)18-12-25(19-5-3-2-4-17(18)19)10-14-6-8-15(22)9-7-14/h2-9,11-13H,10H2,1H3. The monoisotopic (exact) mass is 377 g/mol. The summed E-state index contributed by atoms with van der Waals surface area (Å²) in [4.78, 5) is 28.2. The van der Waals surface area contributed by atoms with Crippen LogP contribution >= 0.6 is 11.6 Å². The molecule has 0 fully saturated rings. The lowest BCUT2D eigenvalue weighted by Crippen LogP contribution is -2.08. The van der Waals surface area contributed by atoms with Gasteiger partial charge in [0, 0.05) is 41.9 Å². The van der Waals surface area contributed by atoms with Crippen molar-refractivity contribution < 1.29 is 9.59 Å². The molecule has 0 atom stereocenters. The molecule has 0 spiro atoms. The van der Waals surface area contributed by atoms with Crippen LogP contribution in [0.15, 0.2) is 60.9 Å². The van der Waals surface area contributed by atoms with Crippen molar-refractivity contribution in [3.05, 3.63) is 88.6 Å². The van der Waals surface area contributed by atoms with E-state index in [-0.39, 0.29) is 17.3 Å². The molecule has 2 aromatic heterocycles. The molecule has 0 saturated carbocycles. The maximum atomic E-state index is 13.1. The van der Waals surface area contributed by atoms with Gasteiger partial charge in [-0.25, -0.2) is 4.98 Å². The number of aryl methyl sites for hydroxylation is 1. The van der Waals surface area contributed by atoms with Gasteiger partial charge in [0.25, 0.3) is 0 Å². The Labute approximate surface area is 160 Å². The van der Waals surface area contributed by atoms with E-state index in [0.717, 1.165) is 16.5 Å².